The van der Waals surface area contributed by atoms with Gasteiger partial charge in [-0.25, -0.2) is 0 Å². The number of rotatable bonds is 5. The highest BCUT2D eigenvalue weighted by Gasteiger charge is 2.24. The summed E-state index contributed by atoms with van der Waals surface area (Å²) in [5.41, 5.74) is 0.201. The number of piperidine rings is 1. The molecular weight excluding hydrogens is 226 g/mol. The summed E-state index contributed by atoms with van der Waals surface area (Å²) in [7, 11) is 1.73. The van der Waals surface area contributed by atoms with E-state index in [1.807, 2.05) is 0 Å². The molecule has 1 amide bonds. The summed E-state index contributed by atoms with van der Waals surface area (Å²) in [5, 5.41) is 6.27. The van der Waals surface area contributed by atoms with E-state index in [1.54, 1.807) is 7.05 Å². The standard InChI is InChI=1S/C14H29N3O/c1-14(2,3)16-8-6-10-17-9-5-7-12(11-17)13(18)15-4/h12,16H,5-11H2,1-4H3,(H,15,18). The lowest BCUT2D eigenvalue weighted by atomic mass is 9.97. The van der Waals surface area contributed by atoms with Crippen LogP contribution >= 0.6 is 0 Å². The molecule has 4 heteroatoms. The molecule has 1 heterocycles. The van der Waals surface area contributed by atoms with Gasteiger partial charge in [-0.1, -0.05) is 0 Å². The first kappa shape index (κ1) is 15.4. The summed E-state index contributed by atoms with van der Waals surface area (Å²) < 4.78 is 0. The van der Waals surface area contributed by atoms with Gasteiger partial charge >= 0.3 is 0 Å². The number of hydrogen-bond donors (Lipinski definition) is 2. The third kappa shape index (κ3) is 5.83. The highest BCUT2D eigenvalue weighted by molar-refractivity contribution is 5.78. The summed E-state index contributed by atoms with van der Waals surface area (Å²) in [6, 6.07) is 0. The van der Waals surface area contributed by atoms with Gasteiger partial charge in [0.25, 0.3) is 0 Å². The van der Waals surface area contributed by atoms with Crippen molar-refractivity contribution >= 4 is 5.91 Å². The molecule has 1 aliphatic heterocycles. The van der Waals surface area contributed by atoms with Gasteiger partial charge < -0.3 is 15.5 Å². The Bertz CT molecular complexity index is 260. The maximum Gasteiger partial charge on any atom is 0.224 e. The minimum absolute atomic E-state index is 0.194. The number of nitrogens with one attached hydrogen (secondary N) is 2. The van der Waals surface area contributed by atoms with Crippen LogP contribution in [-0.4, -0.2) is 49.6 Å². The molecule has 2 N–H and O–H groups in total. The van der Waals surface area contributed by atoms with Crippen LogP contribution in [0.2, 0.25) is 0 Å². The van der Waals surface area contributed by atoms with Gasteiger partial charge in [0, 0.05) is 19.1 Å². The highest BCUT2D eigenvalue weighted by Crippen LogP contribution is 2.16. The van der Waals surface area contributed by atoms with E-state index in [0.717, 1.165) is 45.4 Å². The van der Waals surface area contributed by atoms with Gasteiger partial charge in [-0.3, -0.25) is 4.79 Å². The lowest BCUT2D eigenvalue weighted by molar-refractivity contribution is -0.126. The number of amides is 1. The summed E-state index contributed by atoms with van der Waals surface area (Å²) in [6.07, 6.45) is 3.33. The molecule has 1 atom stereocenters. The highest BCUT2D eigenvalue weighted by atomic mass is 16.1. The van der Waals surface area contributed by atoms with Crippen LogP contribution in [-0.2, 0) is 4.79 Å². The normalized spacial score (nSPS) is 21.9. The second-order valence-corrected chi connectivity index (χ2v) is 6.28. The molecule has 1 saturated heterocycles. The number of likely N-dealkylation sites (tertiary alicyclic amines) is 1. The third-order valence-corrected chi connectivity index (χ3v) is 3.43. The Hall–Kier alpha value is -0.610. The zero-order chi connectivity index (χ0) is 13.6. The molecule has 0 bridgehead atoms. The summed E-state index contributed by atoms with van der Waals surface area (Å²) in [6.45, 7) is 10.8. The molecule has 106 valence electrons. The van der Waals surface area contributed by atoms with Crippen LogP contribution in [0.3, 0.4) is 0 Å². The van der Waals surface area contributed by atoms with Gasteiger partial charge in [0.1, 0.15) is 0 Å². The summed E-state index contributed by atoms with van der Waals surface area (Å²) in [4.78, 5) is 14.0. The summed E-state index contributed by atoms with van der Waals surface area (Å²) in [5.74, 6) is 0.395. The van der Waals surface area contributed by atoms with Gasteiger partial charge in [0.2, 0.25) is 5.91 Å². The van der Waals surface area contributed by atoms with E-state index >= 15 is 0 Å². The lowest BCUT2D eigenvalue weighted by Gasteiger charge is -2.32. The molecular formula is C14H29N3O. The Kier molecular flexibility index (Phi) is 6.09. The number of carbonyl (C=O) groups is 1. The van der Waals surface area contributed by atoms with Crippen molar-refractivity contribution in [3.8, 4) is 0 Å². The molecule has 0 spiro atoms. The minimum Gasteiger partial charge on any atom is -0.359 e. The predicted octanol–water partition coefficient (Wildman–Crippen LogP) is 1.22. The van der Waals surface area contributed by atoms with E-state index in [-0.39, 0.29) is 17.4 Å². The molecule has 0 radical (unpaired) electrons. The van der Waals surface area contributed by atoms with Crippen molar-refractivity contribution < 1.29 is 4.79 Å². The maximum atomic E-state index is 11.6. The van der Waals surface area contributed by atoms with E-state index in [4.69, 9.17) is 0 Å². The molecule has 1 unspecified atom stereocenters. The van der Waals surface area contributed by atoms with E-state index in [9.17, 15) is 4.79 Å². The van der Waals surface area contributed by atoms with Crippen molar-refractivity contribution in [2.45, 2.75) is 45.6 Å². The van der Waals surface area contributed by atoms with Gasteiger partial charge in [0.15, 0.2) is 0 Å². The summed E-state index contributed by atoms with van der Waals surface area (Å²) >= 11 is 0. The first-order valence-electron chi connectivity index (χ1n) is 7.11. The van der Waals surface area contributed by atoms with Crippen LogP contribution in [0.1, 0.15) is 40.0 Å². The molecule has 0 aromatic heterocycles. The van der Waals surface area contributed by atoms with Gasteiger partial charge in [-0.05, 0) is 59.7 Å². The smallest absolute Gasteiger partial charge is 0.224 e. The number of nitrogens with zero attached hydrogens (tertiary/aromatic N) is 1. The molecule has 0 aromatic carbocycles. The van der Waals surface area contributed by atoms with Crippen molar-refractivity contribution in [2.75, 3.05) is 33.2 Å². The van der Waals surface area contributed by atoms with Crippen molar-refractivity contribution in [3.05, 3.63) is 0 Å². The zero-order valence-electron chi connectivity index (χ0n) is 12.4. The minimum atomic E-state index is 0.194. The van der Waals surface area contributed by atoms with Crippen molar-refractivity contribution in [2.24, 2.45) is 5.92 Å². The Morgan fingerprint density at radius 3 is 2.72 bits per heavy atom. The van der Waals surface area contributed by atoms with Crippen LogP contribution in [0.15, 0.2) is 0 Å². The van der Waals surface area contributed by atoms with E-state index in [2.05, 4.69) is 36.3 Å². The van der Waals surface area contributed by atoms with E-state index in [1.165, 1.54) is 0 Å². The SMILES string of the molecule is CNC(=O)C1CCCN(CCCNC(C)(C)C)C1. The molecule has 0 aromatic rings. The Morgan fingerprint density at radius 1 is 1.39 bits per heavy atom. The lowest BCUT2D eigenvalue weighted by Crippen LogP contribution is -2.43. The Morgan fingerprint density at radius 2 is 2.11 bits per heavy atom. The van der Waals surface area contributed by atoms with Gasteiger partial charge in [-0.2, -0.15) is 0 Å². The Labute approximate surface area is 111 Å². The fraction of sp³-hybridized carbons (Fsp3) is 0.929. The molecule has 1 fully saturated rings. The van der Waals surface area contributed by atoms with Crippen molar-refractivity contribution in [3.63, 3.8) is 0 Å². The number of hydrogen-bond acceptors (Lipinski definition) is 3. The topological polar surface area (TPSA) is 44.4 Å². The average molecular weight is 255 g/mol. The van der Waals surface area contributed by atoms with Crippen LogP contribution < -0.4 is 10.6 Å². The van der Waals surface area contributed by atoms with Crippen LogP contribution in [0.4, 0.5) is 0 Å². The van der Waals surface area contributed by atoms with Crippen LogP contribution in [0.25, 0.3) is 0 Å². The van der Waals surface area contributed by atoms with Crippen molar-refractivity contribution in [1.29, 1.82) is 0 Å². The molecule has 0 saturated carbocycles. The van der Waals surface area contributed by atoms with Crippen LogP contribution in [0, 0.1) is 5.92 Å². The van der Waals surface area contributed by atoms with Crippen molar-refractivity contribution in [1.82, 2.24) is 15.5 Å². The quantitative estimate of drug-likeness (QED) is 0.726. The molecule has 18 heavy (non-hydrogen) atoms. The number of carbonyl (C=O) groups excluding carboxylic acids is 1. The first-order chi connectivity index (χ1) is 8.42. The second kappa shape index (κ2) is 7.10. The van der Waals surface area contributed by atoms with E-state index in [0.29, 0.717) is 0 Å². The average Bonchev–Trinajstić information content (AvgIpc) is 2.33. The molecule has 1 aliphatic rings. The first-order valence-corrected chi connectivity index (χ1v) is 7.11. The predicted molar refractivity (Wildman–Crippen MR) is 75.6 cm³/mol. The fourth-order valence-corrected chi connectivity index (χ4v) is 2.44. The second-order valence-electron chi connectivity index (χ2n) is 6.28. The molecule has 0 aliphatic carbocycles. The Balaban J connectivity index is 2.20. The van der Waals surface area contributed by atoms with Gasteiger partial charge in [0.05, 0.1) is 5.92 Å². The zero-order valence-corrected chi connectivity index (χ0v) is 12.4. The maximum absolute atomic E-state index is 11.6. The van der Waals surface area contributed by atoms with Gasteiger partial charge in [-0.15, -0.1) is 0 Å². The van der Waals surface area contributed by atoms with E-state index < -0.39 is 0 Å². The fourth-order valence-electron chi connectivity index (χ4n) is 2.44. The largest absolute Gasteiger partial charge is 0.359 e. The monoisotopic (exact) mass is 255 g/mol. The molecule has 1 rings (SSSR count). The van der Waals surface area contributed by atoms with Crippen LogP contribution in [0.5, 0.6) is 0 Å². The third-order valence-electron chi connectivity index (χ3n) is 3.43. The molecule has 4 nitrogen and oxygen atoms in total.